The molecule has 4 nitrogen and oxygen atoms in total. The fourth-order valence-corrected chi connectivity index (χ4v) is 4.76. The standard InChI is InChI=1S/C17H27NO3/c1-13-4-8-17(12-19,9-5-13)18-14(20)10-16(11-15(18)21)6-2-3-7-16/h13,19H,2-12H2,1H3. The lowest BCUT2D eigenvalue weighted by atomic mass is 9.71. The highest BCUT2D eigenvalue weighted by atomic mass is 16.3. The van der Waals surface area contributed by atoms with Gasteiger partial charge in [-0.3, -0.25) is 14.5 Å². The average Bonchev–Trinajstić information content (AvgIpc) is 2.88. The minimum absolute atomic E-state index is 0.0308. The minimum Gasteiger partial charge on any atom is -0.394 e. The summed E-state index contributed by atoms with van der Waals surface area (Å²) in [6.45, 7) is 2.12. The Hall–Kier alpha value is -0.900. The van der Waals surface area contributed by atoms with Crippen LogP contribution >= 0.6 is 0 Å². The van der Waals surface area contributed by atoms with Gasteiger partial charge in [-0.05, 0) is 49.9 Å². The molecule has 0 atom stereocenters. The molecule has 3 rings (SSSR count). The molecule has 0 aromatic heterocycles. The minimum atomic E-state index is -0.610. The summed E-state index contributed by atoms with van der Waals surface area (Å²) >= 11 is 0. The van der Waals surface area contributed by atoms with Crippen molar-refractivity contribution in [1.29, 1.82) is 0 Å². The number of piperidine rings is 1. The molecule has 2 aliphatic carbocycles. The van der Waals surface area contributed by atoms with E-state index >= 15 is 0 Å². The highest BCUT2D eigenvalue weighted by molar-refractivity contribution is 5.99. The van der Waals surface area contributed by atoms with Gasteiger partial charge in [-0.25, -0.2) is 0 Å². The molecule has 1 aliphatic heterocycles. The molecule has 3 aliphatic rings. The monoisotopic (exact) mass is 293 g/mol. The molecule has 0 aromatic carbocycles. The van der Waals surface area contributed by atoms with E-state index in [2.05, 4.69) is 6.92 Å². The number of rotatable bonds is 2. The largest absolute Gasteiger partial charge is 0.394 e. The van der Waals surface area contributed by atoms with Crippen molar-refractivity contribution in [2.24, 2.45) is 11.3 Å². The van der Waals surface area contributed by atoms with Crippen molar-refractivity contribution in [3.05, 3.63) is 0 Å². The third-order valence-electron chi connectivity index (χ3n) is 6.19. The Labute approximate surface area is 126 Å². The zero-order chi connectivity index (χ0) is 15.1. The van der Waals surface area contributed by atoms with Gasteiger partial charge >= 0.3 is 0 Å². The van der Waals surface area contributed by atoms with E-state index in [1.165, 1.54) is 4.90 Å². The number of hydrogen-bond donors (Lipinski definition) is 1. The van der Waals surface area contributed by atoms with Gasteiger partial charge in [-0.2, -0.15) is 0 Å². The Balaban J connectivity index is 1.81. The highest BCUT2D eigenvalue weighted by Gasteiger charge is 2.52. The molecule has 0 unspecified atom stereocenters. The Morgan fingerprint density at radius 1 is 1.05 bits per heavy atom. The number of likely N-dealkylation sites (tertiary alicyclic amines) is 1. The molecule has 3 fully saturated rings. The molecule has 2 amide bonds. The topological polar surface area (TPSA) is 57.6 Å². The predicted octanol–water partition coefficient (Wildman–Crippen LogP) is 2.64. The summed E-state index contributed by atoms with van der Waals surface area (Å²) in [4.78, 5) is 26.9. The van der Waals surface area contributed by atoms with Crippen LogP contribution in [0.1, 0.15) is 71.1 Å². The van der Waals surface area contributed by atoms with E-state index in [4.69, 9.17) is 0 Å². The van der Waals surface area contributed by atoms with Gasteiger partial charge in [-0.1, -0.05) is 19.8 Å². The third-order valence-corrected chi connectivity index (χ3v) is 6.19. The summed E-state index contributed by atoms with van der Waals surface area (Å²) in [6, 6.07) is 0. The number of hydrogen-bond acceptors (Lipinski definition) is 3. The molecule has 21 heavy (non-hydrogen) atoms. The van der Waals surface area contributed by atoms with Crippen LogP contribution in [0.15, 0.2) is 0 Å². The van der Waals surface area contributed by atoms with Crippen LogP contribution in [-0.2, 0) is 9.59 Å². The number of aliphatic hydroxyl groups is 1. The summed E-state index contributed by atoms with van der Waals surface area (Å²) in [5, 5.41) is 9.93. The van der Waals surface area contributed by atoms with Crippen molar-refractivity contribution in [2.45, 2.75) is 76.7 Å². The molecule has 0 bridgehead atoms. The second kappa shape index (κ2) is 5.38. The zero-order valence-electron chi connectivity index (χ0n) is 13.1. The van der Waals surface area contributed by atoms with Gasteiger partial charge in [-0.15, -0.1) is 0 Å². The Bertz CT molecular complexity index is 411. The maximum atomic E-state index is 12.7. The molecule has 1 saturated heterocycles. The van der Waals surface area contributed by atoms with Crippen molar-refractivity contribution in [3.63, 3.8) is 0 Å². The van der Waals surface area contributed by atoms with E-state index in [1.54, 1.807) is 0 Å². The fourth-order valence-electron chi connectivity index (χ4n) is 4.76. The zero-order valence-corrected chi connectivity index (χ0v) is 13.1. The van der Waals surface area contributed by atoms with E-state index in [0.29, 0.717) is 18.8 Å². The highest BCUT2D eigenvalue weighted by Crippen LogP contribution is 2.49. The maximum absolute atomic E-state index is 12.7. The van der Waals surface area contributed by atoms with Crippen LogP contribution in [0, 0.1) is 11.3 Å². The Kier molecular flexibility index (Phi) is 3.85. The summed E-state index contributed by atoms with van der Waals surface area (Å²) < 4.78 is 0. The van der Waals surface area contributed by atoms with Gasteiger partial charge in [0.05, 0.1) is 12.1 Å². The lowest BCUT2D eigenvalue weighted by Gasteiger charge is -2.49. The lowest BCUT2D eigenvalue weighted by Crippen LogP contribution is -2.61. The van der Waals surface area contributed by atoms with Crippen LogP contribution in [-0.4, -0.2) is 34.0 Å². The molecular formula is C17H27NO3. The van der Waals surface area contributed by atoms with Crippen molar-refractivity contribution in [2.75, 3.05) is 6.61 Å². The van der Waals surface area contributed by atoms with Crippen LogP contribution in [0.25, 0.3) is 0 Å². The number of carbonyl (C=O) groups excluding carboxylic acids is 2. The van der Waals surface area contributed by atoms with E-state index in [1.807, 2.05) is 0 Å². The van der Waals surface area contributed by atoms with Crippen LogP contribution < -0.4 is 0 Å². The summed E-state index contributed by atoms with van der Waals surface area (Å²) in [7, 11) is 0. The first-order valence-electron chi connectivity index (χ1n) is 8.47. The smallest absolute Gasteiger partial charge is 0.230 e. The van der Waals surface area contributed by atoms with E-state index in [0.717, 1.165) is 51.4 Å². The van der Waals surface area contributed by atoms with Crippen LogP contribution in [0.4, 0.5) is 0 Å². The Morgan fingerprint density at radius 3 is 2.05 bits per heavy atom. The molecular weight excluding hydrogens is 266 g/mol. The number of imide groups is 1. The normalized spacial score (nSPS) is 36.5. The van der Waals surface area contributed by atoms with Gasteiger partial charge in [0.2, 0.25) is 11.8 Å². The average molecular weight is 293 g/mol. The number of aliphatic hydroxyl groups excluding tert-OH is 1. The van der Waals surface area contributed by atoms with Crippen LogP contribution in [0.5, 0.6) is 0 Å². The van der Waals surface area contributed by atoms with Crippen LogP contribution in [0.3, 0.4) is 0 Å². The Morgan fingerprint density at radius 2 is 1.57 bits per heavy atom. The lowest BCUT2D eigenvalue weighted by molar-refractivity contribution is -0.166. The second-order valence-electron chi connectivity index (χ2n) is 7.75. The first-order valence-corrected chi connectivity index (χ1v) is 8.47. The van der Waals surface area contributed by atoms with E-state index < -0.39 is 5.54 Å². The molecule has 1 heterocycles. The molecule has 1 spiro atoms. The number of nitrogens with zero attached hydrogens (tertiary/aromatic N) is 1. The van der Waals surface area contributed by atoms with Gasteiger partial charge in [0, 0.05) is 12.8 Å². The van der Waals surface area contributed by atoms with E-state index in [9.17, 15) is 14.7 Å². The van der Waals surface area contributed by atoms with Gasteiger partial charge in [0.1, 0.15) is 0 Å². The van der Waals surface area contributed by atoms with Crippen molar-refractivity contribution >= 4 is 11.8 Å². The van der Waals surface area contributed by atoms with E-state index in [-0.39, 0.29) is 23.8 Å². The SMILES string of the molecule is CC1CCC(CO)(N2C(=O)CC3(CCCC3)CC2=O)CC1. The summed E-state index contributed by atoms with van der Waals surface area (Å²) in [5.41, 5.74) is -0.663. The number of amides is 2. The third kappa shape index (κ3) is 2.52. The molecule has 1 N–H and O–H groups in total. The first-order chi connectivity index (χ1) is 10.0. The van der Waals surface area contributed by atoms with Gasteiger partial charge in [0.15, 0.2) is 0 Å². The summed E-state index contributed by atoms with van der Waals surface area (Å²) in [5.74, 6) is 0.564. The molecule has 0 radical (unpaired) electrons. The molecule has 118 valence electrons. The second-order valence-corrected chi connectivity index (χ2v) is 7.75. The van der Waals surface area contributed by atoms with Crippen LogP contribution in [0.2, 0.25) is 0 Å². The molecule has 2 saturated carbocycles. The molecule has 0 aromatic rings. The van der Waals surface area contributed by atoms with Crippen molar-refractivity contribution in [1.82, 2.24) is 4.90 Å². The quantitative estimate of drug-likeness (QED) is 0.796. The van der Waals surface area contributed by atoms with Crippen molar-refractivity contribution < 1.29 is 14.7 Å². The van der Waals surface area contributed by atoms with Gasteiger partial charge in [0.25, 0.3) is 0 Å². The maximum Gasteiger partial charge on any atom is 0.230 e. The van der Waals surface area contributed by atoms with Gasteiger partial charge < -0.3 is 5.11 Å². The van der Waals surface area contributed by atoms with Crippen molar-refractivity contribution in [3.8, 4) is 0 Å². The number of carbonyl (C=O) groups is 2. The fraction of sp³-hybridized carbons (Fsp3) is 0.882. The first kappa shape index (κ1) is 15.0. The summed E-state index contributed by atoms with van der Waals surface area (Å²) in [6.07, 6.45) is 8.83. The predicted molar refractivity (Wildman–Crippen MR) is 79.4 cm³/mol. The molecule has 4 heteroatoms.